The second-order valence-electron chi connectivity index (χ2n) is 4.50. The molecule has 2 heterocycles. The summed E-state index contributed by atoms with van der Waals surface area (Å²) in [5, 5.41) is 3.21. The fourth-order valence-corrected chi connectivity index (χ4v) is 2.08. The minimum absolute atomic E-state index is 0.338. The molecular weight excluding hydrogens is 258 g/mol. The maximum Gasteiger partial charge on any atom is 0.341 e. The first-order chi connectivity index (χ1) is 9.81. The summed E-state index contributed by atoms with van der Waals surface area (Å²) in [6.45, 7) is 7.28. The molecule has 20 heavy (non-hydrogen) atoms. The van der Waals surface area contributed by atoms with Crippen molar-refractivity contribution >= 4 is 11.8 Å². The van der Waals surface area contributed by atoms with Crippen LogP contribution in [0.2, 0.25) is 0 Å². The van der Waals surface area contributed by atoms with Gasteiger partial charge in [-0.05, 0) is 19.1 Å². The van der Waals surface area contributed by atoms with Gasteiger partial charge in [0.2, 0.25) is 0 Å². The number of hydrogen-bond acceptors (Lipinski definition) is 6. The number of morpholine rings is 1. The summed E-state index contributed by atoms with van der Waals surface area (Å²) < 4.78 is 10.3. The van der Waals surface area contributed by atoms with E-state index in [2.05, 4.69) is 15.2 Å². The zero-order chi connectivity index (χ0) is 14.2. The Morgan fingerprint density at radius 3 is 3.05 bits per heavy atom. The minimum Gasteiger partial charge on any atom is -0.462 e. The summed E-state index contributed by atoms with van der Waals surface area (Å²) in [6.07, 6.45) is 1.67. The Morgan fingerprint density at radius 2 is 2.30 bits per heavy atom. The topological polar surface area (TPSA) is 63.7 Å². The van der Waals surface area contributed by atoms with Gasteiger partial charge in [0.25, 0.3) is 0 Å². The van der Waals surface area contributed by atoms with Gasteiger partial charge in [-0.3, -0.25) is 4.90 Å². The van der Waals surface area contributed by atoms with E-state index in [-0.39, 0.29) is 5.97 Å². The van der Waals surface area contributed by atoms with E-state index < -0.39 is 0 Å². The number of aromatic nitrogens is 1. The first kappa shape index (κ1) is 14.7. The summed E-state index contributed by atoms with van der Waals surface area (Å²) in [5.41, 5.74) is 0.483. The first-order valence-corrected chi connectivity index (χ1v) is 6.97. The van der Waals surface area contributed by atoms with E-state index in [9.17, 15) is 4.79 Å². The molecule has 0 saturated carbocycles. The molecule has 0 atom stereocenters. The first-order valence-electron chi connectivity index (χ1n) is 6.97. The third-order valence-electron chi connectivity index (χ3n) is 3.13. The van der Waals surface area contributed by atoms with E-state index in [0.29, 0.717) is 18.0 Å². The number of nitrogens with zero attached hydrogens (tertiary/aromatic N) is 2. The van der Waals surface area contributed by atoms with Crippen LogP contribution in [0.15, 0.2) is 18.3 Å². The predicted octanol–water partition coefficient (Wildman–Crippen LogP) is 1.00. The van der Waals surface area contributed by atoms with Crippen LogP contribution in [-0.4, -0.2) is 61.9 Å². The number of carbonyl (C=O) groups excluding carboxylic acids is 1. The normalized spacial score (nSPS) is 15.8. The molecule has 1 aliphatic rings. The molecule has 1 aromatic heterocycles. The van der Waals surface area contributed by atoms with Crippen molar-refractivity contribution < 1.29 is 14.3 Å². The Morgan fingerprint density at radius 1 is 1.50 bits per heavy atom. The highest BCUT2D eigenvalue weighted by molar-refractivity contribution is 5.94. The van der Waals surface area contributed by atoms with Crippen LogP contribution in [0.25, 0.3) is 0 Å². The summed E-state index contributed by atoms with van der Waals surface area (Å²) in [5.74, 6) is 0.244. The average Bonchev–Trinajstić information content (AvgIpc) is 2.49. The number of pyridine rings is 1. The lowest BCUT2D eigenvalue weighted by Crippen LogP contribution is -2.39. The third-order valence-corrected chi connectivity index (χ3v) is 3.13. The molecule has 0 radical (unpaired) electrons. The van der Waals surface area contributed by atoms with Crippen LogP contribution in [0.3, 0.4) is 0 Å². The molecule has 1 aliphatic heterocycles. The van der Waals surface area contributed by atoms with Gasteiger partial charge in [0.05, 0.1) is 19.8 Å². The lowest BCUT2D eigenvalue weighted by Gasteiger charge is -2.26. The van der Waals surface area contributed by atoms with Crippen molar-refractivity contribution in [3.8, 4) is 0 Å². The highest BCUT2D eigenvalue weighted by atomic mass is 16.5. The Kier molecular flexibility index (Phi) is 5.76. The minimum atomic E-state index is -0.338. The average molecular weight is 279 g/mol. The molecule has 6 nitrogen and oxygen atoms in total. The summed E-state index contributed by atoms with van der Waals surface area (Å²) in [7, 11) is 0. The van der Waals surface area contributed by atoms with Gasteiger partial charge in [-0.1, -0.05) is 0 Å². The second-order valence-corrected chi connectivity index (χ2v) is 4.50. The van der Waals surface area contributed by atoms with Crippen molar-refractivity contribution in [3.63, 3.8) is 0 Å². The van der Waals surface area contributed by atoms with Gasteiger partial charge in [-0.25, -0.2) is 9.78 Å². The Balaban J connectivity index is 1.86. The smallest absolute Gasteiger partial charge is 0.341 e. The van der Waals surface area contributed by atoms with Crippen LogP contribution < -0.4 is 5.32 Å². The summed E-state index contributed by atoms with van der Waals surface area (Å²) >= 11 is 0. The van der Waals surface area contributed by atoms with E-state index in [1.54, 1.807) is 25.3 Å². The van der Waals surface area contributed by atoms with E-state index in [0.717, 1.165) is 39.4 Å². The molecule has 0 amide bonds. The zero-order valence-corrected chi connectivity index (χ0v) is 11.8. The molecule has 1 N–H and O–H groups in total. The van der Waals surface area contributed by atoms with Crippen molar-refractivity contribution in [2.24, 2.45) is 0 Å². The summed E-state index contributed by atoms with van der Waals surface area (Å²) in [6, 6.07) is 3.46. The van der Waals surface area contributed by atoms with Gasteiger partial charge >= 0.3 is 5.97 Å². The zero-order valence-electron chi connectivity index (χ0n) is 11.8. The van der Waals surface area contributed by atoms with Gasteiger partial charge < -0.3 is 14.8 Å². The molecular formula is C14H21N3O3. The molecule has 0 aliphatic carbocycles. The Bertz CT molecular complexity index is 433. The molecule has 1 fully saturated rings. The van der Waals surface area contributed by atoms with Crippen molar-refractivity contribution in [1.29, 1.82) is 0 Å². The van der Waals surface area contributed by atoms with E-state index in [4.69, 9.17) is 9.47 Å². The number of rotatable bonds is 6. The van der Waals surface area contributed by atoms with E-state index in [1.807, 2.05) is 0 Å². The van der Waals surface area contributed by atoms with Crippen molar-refractivity contribution in [2.45, 2.75) is 6.92 Å². The van der Waals surface area contributed by atoms with Crippen LogP contribution in [0.4, 0.5) is 5.82 Å². The van der Waals surface area contributed by atoms with Gasteiger partial charge in [-0.2, -0.15) is 0 Å². The molecule has 0 aromatic carbocycles. The highest BCUT2D eigenvalue weighted by Crippen LogP contribution is 2.12. The van der Waals surface area contributed by atoms with E-state index in [1.165, 1.54) is 0 Å². The Hall–Kier alpha value is -1.66. The van der Waals surface area contributed by atoms with Crippen LogP contribution in [0, 0.1) is 0 Å². The maximum atomic E-state index is 11.8. The third kappa shape index (κ3) is 4.18. The monoisotopic (exact) mass is 279 g/mol. The fourth-order valence-electron chi connectivity index (χ4n) is 2.08. The molecule has 110 valence electrons. The SMILES string of the molecule is CCOC(=O)c1cccnc1NCCN1CCOCC1. The second kappa shape index (κ2) is 7.81. The van der Waals surface area contributed by atoms with Gasteiger partial charge in [0.15, 0.2) is 0 Å². The van der Waals surface area contributed by atoms with Crippen LogP contribution in [0.1, 0.15) is 17.3 Å². The molecule has 1 saturated heterocycles. The summed E-state index contributed by atoms with van der Waals surface area (Å²) in [4.78, 5) is 18.3. The lowest BCUT2D eigenvalue weighted by molar-refractivity contribution is 0.0398. The molecule has 1 aromatic rings. The molecule has 0 unspecified atom stereocenters. The quantitative estimate of drug-likeness (QED) is 0.784. The van der Waals surface area contributed by atoms with E-state index >= 15 is 0 Å². The Labute approximate surface area is 119 Å². The van der Waals surface area contributed by atoms with Crippen LogP contribution in [0.5, 0.6) is 0 Å². The van der Waals surface area contributed by atoms with Crippen molar-refractivity contribution in [3.05, 3.63) is 23.9 Å². The number of anilines is 1. The number of carbonyl (C=O) groups is 1. The number of ether oxygens (including phenoxy) is 2. The molecule has 0 spiro atoms. The standard InChI is InChI=1S/C14H21N3O3/c1-2-20-14(18)12-4-3-5-15-13(12)16-6-7-17-8-10-19-11-9-17/h3-5H,2,6-11H2,1H3,(H,15,16). The van der Waals surface area contributed by atoms with Crippen LogP contribution in [-0.2, 0) is 9.47 Å². The lowest BCUT2D eigenvalue weighted by atomic mass is 10.2. The molecule has 2 rings (SSSR count). The molecule has 6 heteroatoms. The van der Waals surface area contributed by atoms with Gasteiger partial charge in [0.1, 0.15) is 11.4 Å². The molecule has 0 bridgehead atoms. The number of hydrogen-bond donors (Lipinski definition) is 1. The fraction of sp³-hybridized carbons (Fsp3) is 0.571. The number of esters is 1. The van der Waals surface area contributed by atoms with Gasteiger partial charge in [0, 0.05) is 32.4 Å². The highest BCUT2D eigenvalue weighted by Gasteiger charge is 2.14. The van der Waals surface area contributed by atoms with Crippen LogP contribution >= 0.6 is 0 Å². The van der Waals surface area contributed by atoms with Crippen molar-refractivity contribution in [1.82, 2.24) is 9.88 Å². The van der Waals surface area contributed by atoms with Crippen molar-refractivity contribution in [2.75, 3.05) is 51.3 Å². The predicted molar refractivity (Wildman–Crippen MR) is 75.9 cm³/mol. The largest absolute Gasteiger partial charge is 0.462 e. The number of nitrogens with one attached hydrogen (secondary N) is 1. The maximum absolute atomic E-state index is 11.8. The van der Waals surface area contributed by atoms with Gasteiger partial charge in [-0.15, -0.1) is 0 Å².